The van der Waals surface area contributed by atoms with Gasteiger partial charge in [-0.25, -0.2) is 0 Å². The summed E-state index contributed by atoms with van der Waals surface area (Å²) in [7, 11) is -4.72. The summed E-state index contributed by atoms with van der Waals surface area (Å²) in [6.45, 7) is 3.21. The molecule has 1 atom stereocenters. The van der Waals surface area contributed by atoms with Crippen LogP contribution in [0.3, 0.4) is 0 Å². The van der Waals surface area contributed by atoms with Crippen molar-refractivity contribution in [3.63, 3.8) is 0 Å². The molecule has 0 aliphatic carbocycles. The average molecular weight is 287 g/mol. The minimum absolute atomic E-state index is 0.0695. The van der Waals surface area contributed by atoms with Crippen LogP contribution < -0.4 is 4.90 Å². The molecular weight excluding hydrogens is 273 g/mol. The van der Waals surface area contributed by atoms with E-state index in [9.17, 15) is 22.2 Å². The van der Waals surface area contributed by atoms with Crippen LogP contribution in [0.2, 0.25) is 0 Å². The highest BCUT2D eigenvalue weighted by atomic mass is 32.3. The molecule has 5 nitrogen and oxygen atoms in total. The molecular formula is C12H14FNO4S. The first-order valence-electron chi connectivity index (χ1n) is 5.74. The maximum Gasteiger partial charge on any atom is 0.307 e. The van der Waals surface area contributed by atoms with Crippen LogP contribution >= 0.6 is 0 Å². The van der Waals surface area contributed by atoms with E-state index < -0.39 is 21.4 Å². The van der Waals surface area contributed by atoms with Gasteiger partial charge in [0, 0.05) is 18.7 Å². The molecule has 1 heterocycles. The smallest absolute Gasteiger partial charge is 0.307 e. The second kappa shape index (κ2) is 4.48. The van der Waals surface area contributed by atoms with E-state index in [0.29, 0.717) is 16.8 Å². The summed E-state index contributed by atoms with van der Waals surface area (Å²) in [6.07, 6.45) is -0.349. The maximum absolute atomic E-state index is 13.0. The van der Waals surface area contributed by atoms with Crippen LogP contribution in [0, 0.1) is 13.8 Å². The van der Waals surface area contributed by atoms with Gasteiger partial charge in [-0.2, -0.15) is 8.42 Å². The monoisotopic (exact) mass is 287 g/mol. The Morgan fingerprint density at radius 2 is 1.84 bits per heavy atom. The van der Waals surface area contributed by atoms with Crippen LogP contribution in [0.5, 0.6) is 5.75 Å². The van der Waals surface area contributed by atoms with Gasteiger partial charge in [0.1, 0.15) is 11.0 Å². The fourth-order valence-electron chi connectivity index (χ4n) is 2.44. The number of halogens is 1. The molecule has 1 amide bonds. The number of hydrogen-bond acceptors (Lipinski definition) is 4. The Balaban J connectivity index is 2.42. The van der Waals surface area contributed by atoms with E-state index in [4.69, 9.17) is 0 Å². The predicted molar refractivity (Wildman–Crippen MR) is 68.4 cm³/mol. The van der Waals surface area contributed by atoms with E-state index in [1.54, 1.807) is 13.8 Å². The van der Waals surface area contributed by atoms with Crippen LogP contribution in [0.1, 0.15) is 17.5 Å². The fraction of sp³-hybridized carbons (Fsp3) is 0.417. The second-order valence-electron chi connectivity index (χ2n) is 4.73. The Hall–Kier alpha value is -1.63. The lowest BCUT2D eigenvalue weighted by Crippen LogP contribution is -2.28. The summed E-state index contributed by atoms with van der Waals surface area (Å²) in [4.78, 5) is 13.1. The molecule has 104 valence electrons. The zero-order chi connectivity index (χ0) is 14.4. The van der Waals surface area contributed by atoms with Crippen LogP contribution in [0.4, 0.5) is 9.57 Å². The Morgan fingerprint density at radius 1 is 1.32 bits per heavy atom. The van der Waals surface area contributed by atoms with Gasteiger partial charge in [-0.05, 0) is 37.1 Å². The third-order valence-corrected chi connectivity index (χ3v) is 4.35. The van der Waals surface area contributed by atoms with Gasteiger partial charge in [-0.1, -0.05) is 0 Å². The zero-order valence-electron chi connectivity index (χ0n) is 10.6. The largest absolute Gasteiger partial charge is 0.508 e. The predicted octanol–water partition coefficient (Wildman–Crippen LogP) is 1.41. The molecule has 1 aliphatic rings. The molecule has 2 rings (SSSR count). The number of anilines is 1. The van der Waals surface area contributed by atoms with Gasteiger partial charge >= 0.3 is 10.2 Å². The van der Waals surface area contributed by atoms with Crippen molar-refractivity contribution in [3.05, 3.63) is 23.3 Å². The Labute approximate surface area is 110 Å². The molecule has 0 spiro atoms. The Kier molecular flexibility index (Phi) is 3.25. The topological polar surface area (TPSA) is 74.7 Å². The first-order valence-corrected chi connectivity index (χ1v) is 7.19. The Bertz CT molecular complexity index is 618. The summed E-state index contributed by atoms with van der Waals surface area (Å²) in [5.74, 6) is -0.358. The van der Waals surface area contributed by atoms with E-state index in [0.717, 1.165) is 0 Å². The van der Waals surface area contributed by atoms with Crippen LogP contribution in [0.25, 0.3) is 0 Å². The van der Waals surface area contributed by atoms with Crippen molar-refractivity contribution in [2.75, 3.05) is 11.4 Å². The molecule has 0 aromatic heterocycles. The molecule has 1 saturated heterocycles. The molecule has 1 aromatic carbocycles. The van der Waals surface area contributed by atoms with Crippen molar-refractivity contribution >= 4 is 21.8 Å². The third-order valence-electron chi connectivity index (χ3n) is 3.23. The number of benzene rings is 1. The number of nitrogens with zero attached hydrogens (tertiary/aromatic N) is 1. The molecule has 1 fully saturated rings. The second-order valence-corrected chi connectivity index (χ2v) is 6.35. The molecule has 7 heteroatoms. The summed E-state index contributed by atoms with van der Waals surface area (Å²) in [6, 6.07) is 2.96. The van der Waals surface area contributed by atoms with E-state index in [-0.39, 0.29) is 18.7 Å². The summed E-state index contributed by atoms with van der Waals surface area (Å²) >= 11 is 0. The van der Waals surface area contributed by atoms with E-state index >= 15 is 0 Å². The van der Waals surface area contributed by atoms with Crippen molar-refractivity contribution in [2.45, 2.75) is 25.5 Å². The molecule has 19 heavy (non-hydrogen) atoms. The lowest BCUT2D eigenvalue weighted by molar-refractivity contribution is -0.117. The van der Waals surface area contributed by atoms with Crippen molar-refractivity contribution in [1.29, 1.82) is 0 Å². The molecule has 0 bridgehead atoms. The first-order chi connectivity index (χ1) is 8.70. The molecule has 1 aromatic rings. The van der Waals surface area contributed by atoms with Crippen LogP contribution in [0.15, 0.2) is 12.1 Å². The van der Waals surface area contributed by atoms with E-state index in [1.807, 2.05) is 0 Å². The normalized spacial score (nSPS) is 20.1. The third kappa shape index (κ3) is 2.56. The van der Waals surface area contributed by atoms with Crippen molar-refractivity contribution in [3.8, 4) is 5.75 Å². The number of phenolic OH excluding ortho intramolecular Hbond substituents is 1. The number of carbonyl (C=O) groups excluding carboxylic acids is 1. The van der Waals surface area contributed by atoms with Gasteiger partial charge in [-0.3, -0.25) is 4.79 Å². The standard InChI is InChI=1S/C12H14FNO4S/c1-7-3-9(15)4-8(2)12(7)14-6-10(5-11(14)16)19(13,17)18/h3-4,10,15H,5-6H2,1-2H3. The highest BCUT2D eigenvalue weighted by molar-refractivity contribution is 7.87. The highest BCUT2D eigenvalue weighted by Crippen LogP contribution is 2.33. The lowest BCUT2D eigenvalue weighted by Gasteiger charge is -2.21. The number of aromatic hydroxyl groups is 1. The molecule has 1 unspecified atom stereocenters. The number of amides is 1. The number of phenols is 1. The maximum atomic E-state index is 13.0. The van der Waals surface area contributed by atoms with Crippen molar-refractivity contribution in [1.82, 2.24) is 0 Å². The molecule has 0 radical (unpaired) electrons. The van der Waals surface area contributed by atoms with Gasteiger partial charge in [0.2, 0.25) is 5.91 Å². The lowest BCUT2D eigenvalue weighted by atomic mass is 10.1. The summed E-state index contributed by atoms with van der Waals surface area (Å²) < 4.78 is 34.8. The number of carbonyl (C=O) groups is 1. The van der Waals surface area contributed by atoms with Crippen LogP contribution in [-0.4, -0.2) is 31.2 Å². The van der Waals surface area contributed by atoms with Gasteiger partial charge < -0.3 is 10.0 Å². The van der Waals surface area contributed by atoms with Gasteiger partial charge in [-0.15, -0.1) is 3.89 Å². The minimum atomic E-state index is -4.72. The molecule has 1 N–H and O–H groups in total. The van der Waals surface area contributed by atoms with Crippen LogP contribution in [-0.2, 0) is 15.0 Å². The van der Waals surface area contributed by atoms with E-state index in [1.165, 1.54) is 17.0 Å². The summed E-state index contributed by atoms with van der Waals surface area (Å²) in [5.41, 5.74) is 1.82. The van der Waals surface area contributed by atoms with Gasteiger partial charge in [0.05, 0.1) is 0 Å². The fourth-order valence-corrected chi connectivity index (χ4v) is 3.11. The van der Waals surface area contributed by atoms with Crippen molar-refractivity contribution in [2.24, 2.45) is 0 Å². The minimum Gasteiger partial charge on any atom is -0.508 e. The van der Waals surface area contributed by atoms with Gasteiger partial charge in [0.25, 0.3) is 0 Å². The van der Waals surface area contributed by atoms with Crippen molar-refractivity contribution < 1.29 is 22.2 Å². The molecule has 0 saturated carbocycles. The van der Waals surface area contributed by atoms with Gasteiger partial charge in [0.15, 0.2) is 0 Å². The number of rotatable bonds is 2. The first kappa shape index (κ1) is 13.8. The SMILES string of the molecule is Cc1cc(O)cc(C)c1N1CC(S(=O)(=O)F)CC1=O. The zero-order valence-corrected chi connectivity index (χ0v) is 11.4. The highest BCUT2D eigenvalue weighted by Gasteiger charge is 2.39. The number of aryl methyl sites for hydroxylation is 2. The molecule has 1 aliphatic heterocycles. The quantitative estimate of drug-likeness (QED) is 0.835. The van der Waals surface area contributed by atoms with E-state index in [2.05, 4.69) is 0 Å². The summed E-state index contributed by atoms with van der Waals surface area (Å²) in [5, 5.41) is 8.14. The number of hydrogen-bond donors (Lipinski definition) is 1. The average Bonchev–Trinajstić information content (AvgIpc) is 2.59. The Morgan fingerprint density at radius 3 is 2.26 bits per heavy atom.